The van der Waals surface area contributed by atoms with Gasteiger partial charge in [0.1, 0.15) is 0 Å². The van der Waals surface area contributed by atoms with Crippen LogP contribution in [0.2, 0.25) is 0 Å². The molecule has 8 nitrogen and oxygen atoms in total. The summed E-state index contributed by atoms with van der Waals surface area (Å²) in [5.41, 5.74) is 0.770. The Bertz CT molecular complexity index is 587. The number of nitrogens with one attached hydrogen (secondary N) is 1. The predicted molar refractivity (Wildman–Crippen MR) is 82.9 cm³/mol. The number of ether oxygens (including phenoxy) is 1. The van der Waals surface area contributed by atoms with E-state index in [-0.39, 0.29) is 29.9 Å². The lowest BCUT2D eigenvalue weighted by Gasteiger charge is -2.17. The largest absolute Gasteiger partial charge is 0.466 e. The average molecular weight is 321 g/mol. The van der Waals surface area contributed by atoms with Crippen LogP contribution in [0.25, 0.3) is 0 Å². The molecule has 1 aromatic carbocycles. The first-order valence-corrected chi connectivity index (χ1v) is 7.44. The highest BCUT2D eigenvalue weighted by atomic mass is 16.6. The topological polar surface area (TPSA) is 102 Å². The molecule has 23 heavy (non-hydrogen) atoms. The van der Waals surface area contributed by atoms with Gasteiger partial charge in [-0.15, -0.1) is 0 Å². The lowest BCUT2D eigenvalue weighted by atomic mass is 10.1. The van der Waals surface area contributed by atoms with Crippen LogP contribution in [-0.2, 0) is 14.3 Å². The zero-order chi connectivity index (χ0) is 16.8. The first kappa shape index (κ1) is 16.7. The fourth-order valence-electron chi connectivity index (χ4n) is 2.44. The standard InChI is InChI=1S/C15H19N3O5/c1-2-23-15(20)11-9-14(19)17(10-11)8-7-16-12-3-5-13(6-4-12)18(21)22/h3-6,11,16H,2,7-10H2,1H3/t11-/m1/s1. The zero-order valence-electron chi connectivity index (χ0n) is 12.9. The van der Waals surface area contributed by atoms with Gasteiger partial charge in [-0.1, -0.05) is 0 Å². The molecule has 0 bridgehead atoms. The maximum atomic E-state index is 11.9. The monoisotopic (exact) mass is 321 g/mol. The Balaban J connectivity index is 1.79. The summed E-state index contributed by atoms with van der Waals surface area (Å²) in [6.07, 6.45) is 0.191. The highest BCUT2D eigenvalue weighted by molar-refractivity contribution is 5.86. The van der Waals surface area contributed by atoms with Crippen LogP contribution < -0.4 is 5.32 Å². The summed E-state index contributed by atoms with van der Waals surface area (Å²) in [7, 11) is 0. The minimum absolute atomic E-state index is 0.0301. The van der Waals surface area contributed by atoms with Crippen molar-refractivity contribution in [2.75, 3.05) is 31.6 Å². The van der Waals surface area contributed by atoms with E-state index in [1.807, 2.05) is 0 Å². The molecule has 0 unspecified atom stereocenters. The minimum Gasteiger partial charge on any atom is -0.466 e. The van der Waals surface area contributed by atoms with E-state index in [0.717, 1.165) is 5.69 Å². The fourth-order valence-corrected chi connectivity index (χ4v) is 2.44. The van der Waals surface area contributed by atoms with Gasteiger partial charge < -0.3 is 15.0 Å². The lowest BCUT2D eigenvalue weighted by Crippen LogP contribution is -2.31. The maximum Gasteiger partial charge on any atom is 0.311 e. The number of hydrogen-bond donors (Lipinski definition) is 1. The number of hydrogen-bond acceptors (Lipinski definition) is 6. The van der Waals surface area contributed by atoms with E-state index in [4.69, 9.17) is 4.74 Å². The Morgan fingerprint density at radius 2 is 2.13 bits per heavy atom. The molecule has 0 aromatic heterocycles. The van der Waals surface area contributed by atoms with Crippen molar-refractivity contribution in [2.24, 2.45) is 5.92 Å². The van der Waals surface area contributed by atoms with Crippen LogP contribution in [-0.4, -0.2) is 47.9 Å². The molecule has 1 aliphatic heterocycles. The van der Waals surface area contributed by atoms with Crippen molar-refractivity contribution < 1.29 is 19.2 Å². The summed E-state index contributed by atoms with van der Waals surface area (Å²) >= 11 is 0. The third-order valence-electron chi connectivity index (χ3n) is 3.62. The number of benzene rings is 1. The molecule has 1 N–H and O–H groups in total. The number of esters is 1. The molecule has 1 atom stereocenters. The fraction of sp³-hybridized carbons (Fsp3) is 0.467. The Morgan fingerprint density at radius 1 is 1.43 bits per heavy atom. The second-order valence-electron chi connectivity index (χ2n) is 5.22. The van der Waals surface area contributed by atoms with Crippen molar-refractivity contribution in [3.8, 4) is 0 Å². The van der Waals surface area contributed by atoms with E-state index >= 15 is 0 Å². The zero-order valence-corrected chi connectivity index (χ0v) is 12.9. The highest BCUT2D eigenvalue weighted by Crippen LogP contribution is 2.19. The molecule has 1 aliphatic rings. The predicted octanol–water partition coefficient (Wildman–Crippen LogP) is 1.42. The maximum absolute atomic E-state index is 11.9. The number of carbonyl (C=O) groups excluding carboxylic acids is 2. The van der Waals surface area contributed by atoms with Gasteiger partial charge >= 0.3 is 5.97 Å². The second kappa shape index (κ2) is 7.57. The van der Waals surface area contributed by atoms with Crippen LogP contribution in [0.1, 0.15) is 13.3 Å². The quantitative estimate of drug-likeness (QED) is 0.463. The molecule has 1 saturated heterocycles. The smallest absolute Gasteiger partial charge is 0.311 e. The molecule has 1 amide bonds. The number of nitro benzene ring substituents is 1. The van der Waals surface area contributed by atoms with E-state index in [0.29, 0.717) is 26.2 Å². The van der Waals surface area contributed by atoms with E-state index in [1.165, 1.54) is 12.1 Å². The summed E-state index contributed by atoms with van der Waals surface area (Å²) in [6, 6.07) is 6.07. The van der Waals surface area contributed by atoms with Crippen molar-refractivity contribution >= 4 is 23.3 Å². The molecule has 124 valence electrons. The van der Waals surface area contributed by atoms with Gasteiger partial charge in [0.2, 0.25) is 5.91 Å². The van der Waals surface area contributed by atoms with Gasteiger partial charge in [0.05, 0.1) is 17.4 Å². The van der Waals surface area contributed by atoms with Crippen molar-refractivity contribution in [1.29, 1.82) is 0 Å². The third kappa shape index (κ3) is 4.41. The van der Waals surface area contributed by atoms with Gasteiger partial charge in [0.25, 0.3) is 5.69 Å². The summed E-state index contributed by atoms with van der Waals surface area (Å²) in [4.78, 5) is 35.3. The number of nitrogens with zero attached hydrogens (tertiary/aromatic N) is 2. The van der Waals surface area contributed by atoms with Crippen LogP contribution in [0.5, 0.6) is 0 Å². The van der Waals surface area contributed by atoms with Gasteiger partial charge in [0.15, 0.2) is 0 Å². The van der Waals surface area contributed by atoms with Crippen molar-refractivity contribution in [2.45, 2.75) is 13.3 Å². The Hall–Kier alpha value is -2.64. The van der Waals surface area contributed by atoms with Crippen LogP contribution >= 0.6 is 0 Å². The highest BCUT2D eigenvalue weighted by Gasteiger charge is 2.34. The third-order valence-corrected chi connectivity index (χ3v) is 3.62. The van der Waals surface area contributed by atoms with E-state index < -0.39 is 4.92 Å². The molecular weight excluding hydrogens is 302 g/mol. The normalized spacial score (nSPS) is 17.2. The average Bonchev–Trinajstić information content (AvgIpc) is 2.89. The Labute approximate surface area is 133 Å². The number of anilines is 1. The van der Waals surface area contributed by atoms with E-state index in [9.17, 15) is 19.7 Å². The Morgan fingerprint density at radius 3 is 2.74 bits per heavy atom. The van der Waals surface area contributed by atoms with Crippen LogP contribution in [0.4, 0.5) is 11.4 Å². The van der Waals surface area contributed by atoms with Crippen LogP contribution in [0.15, 0.2) is 24.3 Å². The molecule has 1 aromatic rings. The molecule has 1 heterocycles. The summed E-state index contributed by atoms with van der Waals surface area (Å²) in [6.45, 7) is 3.39. The van der Waals surface area contributed by atoms with Crippen molar-refractivity contribution in [3.05, 3.63) is 34.4 Å². The lowest BCUT2D eigenvalue weighted by molar-refractivity contribution is -0.384. The number of nitro groups is 1. The minimum atomic E-state index is -0.456. The number of amides is 1. The Kier molecular flexibility index (Phi) is 5.51. The number of non-ortho nitro benzene ring substituents is 1. The number of carbonyl (C=O) groups is 2. The van der Waals surface area contributed by atoms with Gasteiger partial charge in [0, 0.05) is 43.9 Å². The van der Waals surface area contributed by atoms with E-state index in [2.05, 4.69) is 5.32 Å². The molecule has 1 fully saturated rings. The van der Waals surface area contributed by atoms with Crippen molar-refractivity contribution in [3.63, 3.8) is 0 Å². The van der Waals surface area contributed by atoms with Gasteiger partial charge in [-0.2, -0.15) is 0 Å². The molecule has 0 radical (unpaired) electrons. The van der Waals surface area contributed by atoms with Gasteiger partial charge in [-0.3, -0.25) is 19.7 Å². The van der Waals surface area contributed by atoms with Crippen molar-refractivity contribution in [1.82, 2.24) is 4.90 Å². The second-order valence-corrected chi connectivity index (χ2v) is 5.22. The van der Waals surface area contributed by atoms with Gasteiger partial charge in [-0.05, 0) is 19.1 Å². The molecule has 0 saturated carbocycles. The molecule has 2 rings (SSSR count). The summed E-state index contributed by atoms with van der Waals surface area (Å²) in [5, 5.41) is 13.7. The number of likely N-dealkylation sites (tertiary alicyclic amines) is 1. The van der Waals surface area contributed by atoms with Gasteiger partial charge in [-0.25, -0.2) is 0 Å². The first-order chi connectivity index (χ1) is 11.0. The first-order valence-electron chi connectivity index (χ1n) is 7.44. The number of rotatable bonds is 7. The summed E-state index contributed by atoms with van der Waals surface area (Å²) < 4.78 is 4.94. The van der Waals surface area contributed by atoms with Crippen LogP contribution in [0.3, 0.4) is 0 Å². The van der Waals surface area contributed by atoms with Crippen LogP contribution in [0, 0.1) is 16.0 Å². The molecule has 0 spiro atoms. The van der Waals surface area contributed by atoms with E-state index in [1.54, 1.807) is 24.0 Å². The molecular formula is C15H19N3O5. The molecule has 8 heteroatoms. The SMILES string of the molecule is CCOC(=O)[C@@H]1CC(=O)N(CCNc2ccc([N+](=O)[O-])cc2)C1. The summed E-state index contributed by atoms with van der Waals surface area (Å²) in [5.74, 6) is -0.776. The molecule has 0 aliphatic carbocycles.